The van der Waals surface area contributed by atoms with Crippen molar-refractivity contribution in [2.45, 2.75) is 38.9 Å². The Bertz CT molecular complexity index is 708. The van der Waals surface area contributed by atoms with Crippen molar-refractivity contribution >= 4 is 11.9 Å². The molecule has 0 fully saturated rings. The predicted octanol–water partition coefficient (Wildman–Crippen LogP) is 3.71. The number of anilines is 1. The number of rotatable bonds is 5. The zero-order valence-electron chi connectivity index (χ0n) is 14.9. The molecule has 0 spiro atoms. The fourth-order valence-corrected chi connectivity index (χ4v) is 2.27. The lowest BCUT2D eigenvalue weighted by atomic mass is 10.0. The second kappa shape index (κ2) is 7.98. The number of hydrogen-bond acceptors (Lipinski definition) is 5. The summed E-state index contributed by atoms with van der Waals surface area (Å²) in [6.07, 6.45) is 0.585. The molecule has 6 nitrogen and oxygen atoms in total. The Hall–Kier alpha value is -2.60. The third-order valence-electron chi connectivity index (χ3n) is 3.42. The molecule has 2 N–H and O–H groups in total. The highest BCUT2D eigenvalue weighted by molar-refractivity contribution is 5.84. The molecule has 1 atom stereocenters. The van der Waals surface area contributed by atoms with E-state index in [1.54, 1.807) is 64.4 Å². The SMILES string of the molecule is COc1ccc(C(O)Cc2cccnc2NC(=O)OC(C)(C)C)cc1. The highest BCUT2D eigenvalue weighted by atomic mass is 16.6. The van der Waals surface area contributed by atoms with Crippen molar-refractivity contribution in [3.05, 3.63) is 53.7 Å². The predicted molar refractivity (Wildman–Crippen MR) is 95.8 cm³/mol. The fourth-order valence-electron chi connectivity index (χ4n) is 2.27. The Balaban J connectivity index is 2.10. The van der Waals surface area contributed by atoms with Gasteiger partial charge in [0.1, 0.15) is 17.2 Å². The van der Waals surface area contributed by atoms with Gasteiger partial charge in [-0.3, -0.25) is 5.32 Å². The van der Waals surface area contributed by atoms with Crippen LogP contribution in [0, 0.1) is 0 Å². The number of pyridine rings is 1. The van der Waals surface area contributed by atoms with Crippen LogP contribution in [-0.4, -0.2) is 28.9 Å². The van der Waals surface area contributed by atoms with E-state index in [0.717, 1.165) is 16.9 Å². The number of aliphatic hydroxyl groups is 1. The van der Waals surface area contributed by atoms with Gasteiger partial charge in [0, 0.05) is 12.6 Å². The molecule has 0 bridgehead atoms. The van der Waals surface area contributed by atoms with Crippen LogP contribution in [0.2, 0.25) is 0 Å². The van der Waals surface area contributed by atoms with E-state index in [0.29, 0.717) is 12.2 Å². The molecule has 0 saturated heterocycles. The maximum Gasteiger partial charge on any atom is 0.413 e. The number of nitrogens with zero attached hydrogens (tertiary/aromatic N) is 1. The summed E-state index contributed by atoms with van der Waals surface area (Å²) in [7, 11) is 1.59. The number of benzene rings is 1. The molecular weight excluding hydrogens is 320 g/mol. The van der Waals surface area contributed by atoms with Gasteiger partial charge in [0.05, 0.1) is 13.2 Å². The van der Waals surface area contributed by atoms with E-state index < -0.39 is 17.8 Å². The second-order valence-electron chi connectivity index (χ2n) is 6.63. The number of amides is 1. The molecule has 2 rings (SSSR count). The second-order valence-corrected chi connectivity index (χ2v) is 6.63. The summed E-state index contributed by atoms with van der Waals surface area (Å²) in [5.41, 5.74) is 0.881. The summed E-state index contributed by atoms with van der Waals surface area (Å²) in [4.78, 5) is 16.1. The molecule has 0 aliphatic rings. The lowest BCUT2D eigenvalue weighted by Gasteiger charge is -2.20. The molecule has 25 heavy (non-hydrogen) atoms. The van der Waals surface area contributed by atoms with Crippen molar-refractivity contribution in [1.29, 1.82) is 0 Å². The number of aliphatic hydroxyl groups excluding tert-OH is 1. The van der Waals surface area contributed by atoms with Gasteiger partial charge in [0.15, 0.2) is 0 Å². The van der Waals surface area contributed by atoms with E-state index in [9.17, 15) is 9.90 Å². The van der Waals surface area contributed by atoms with Gasteiger partial charge in [0.25, 0.3) is 0 Å². The number of hydrogen-bond donors (Lipinski definition) is 2. The van der Waals surface area contributed by atoms with Crippen molar-refractivity contribution in [3.63, 3.8) is 0 Å². The van der Waals surface area contributed by atoms with Crippen LogP contribution in [0.5, 0.6) is 5.75 Å². The maximum atomic E-state index is 12.0. The van der Waals surface area contributed by atoms with Gasteiger partial charge in [0.2, 0.25) is 0 Å². The van der Waals surface area contributed by atoms with E-state index in [4.69, 9.17) is 9.47 Å². The Morgan fingerprint density at radius 2 is 1.92 bits per heavy atom. The standard InChI is InChI=1S/C19H24N2O4/c1-19(2,3)25-18(23)21-17-14(6-5-11-20-17)12-16(22)13-7-9-15(24-4)10-8-13/h5-11,16,22H,12H2,1-4H3,(H,20,21,23). The summed E-state index contributed by atoms with van der Waals surface area (Å²) in [5.74, 6) is 1.11. The summed E-state index contributed by atoms with van der Waals surface area (Å²) in [6.45, 7) is 5.37. The molecule has 0 aliphatic carbocycles. The topological polar surface area (TPSA) is 80.7 Å². The van der Waals surface area contributed by atoms with Crippen LogP contribution >= 0.6 is 0 Å². The molecule has 0 radical (unpaired) electrons. The van der Waals surface area contributed by atoms with Crippen LogP contribution in [0.25, 0.3) is 0 Å². The van der Waals surface area contributed by atoms with E-state index in [1.807, 2.05) is 6.07 Å². The van der Waals surface area contributed by atoms with Crippen molar-refractivity contribution in [2.24, 2.45) is 0 Å². The maximum absolute atomic E-state index is 12.0. The monoisotopic (exact) mass is 344 g/mol. The Morgan fingerprint density at radius 3 is 2.52 bits per heavy atom. The molecule has 1 aromatic carbocycles. The first kappa shape index (κ1) is 18.7. The van der Waals surface area contributed by atoms with Crippen molar-refractivity contribution in [2.75, 3.05) is 12.4 Å². The minimum Gasteiger partial charge on any atom is -0.497 e. The third-order valence-corrected chi connectivity index (χ3v) is 3.42. The van der Waals surface area contributed by atoms with Gasteiger partial charge >= 0.3 is 6.09 Å². The molecule has 1 unspecified atom stereocenters. The van der Waals surface area contributed by atoms with Crippen LogP contribution < -0.4 is 10.1 Å². The average Bonchev–Trinajstić information content (AvgIpc) is 2.55. The van der Waals surface area contributed by atoms with E-state index in [1.165, 1.54) is 0 Å². The third kappa shape index (κ3) is 5.76. The zero-order chi connectivity index (χ0) is 18.4. The largest absolute Gasteiger partial charge is 0.497 e. The lowest BCUT2D eigenvalue weighted by molar-refractivity contribution is 0.0635. The van der Waals surface area contributed by atoms with Gasteiger partial charge in [-0.15, -0.1) is 0 Å². The number of methoxy groups -OCH3 is 1. The van der Waals surface area contributed by atoms with Crippen molar-refractivity contribution in [3.8, 4) is 5.75 Å². The zero-order valence-corrected chi connectivity index (χ0v) is 14.9. The number of carbonyl (C=O) groups is 1. The minimum atomic E-state index is -0.728. The quantitative estimate of drug-likeness (QED) is 0.864. The summed E-state index contributed by atoms with van der Waals surface area (Å²) < 4.78 is 10.4. The van der Waals surface area contributed by atoms with Crippen molar-refractivity contribution < 1.29 is 19.4 Å². The van der Waals surface area contributed by atoms with Crippen LogP contribution in [-0.2, 0) is 11.2 Å². The van der Waals surface area contributed by atoms with Gasteiger partial charge in [-0.25, -0.2) is 9.78 Å². The number of carbonyl (C=O) groups excluding carboxylic acids is 1. The molecule has 6 heteroatoms. The molecule has 1 aromatic heterocycles. The highest BCUT2D eigenvalue weighted by Gasteiger charge is 2.19. The van der Waals surface area contributed by atoms with Gasteiger partial charge < -0.3 is 14.6 Å². The number of nitrogens with one attached hydrogen (secondary N) is 1. The smallest absolute Gasteiger partial charge is 0.413 e. The Kier molecular flexibility index (Phi) is 5.98. The first-order chi connectivity index (χ1) is 11.8. The molecular formula is C19H24N2O4. The first-order valence-electron chi connectivity index (χ1n) is 8.04. The molecule has 0 aliphatic heterocycles. The molecule has 2 aromatic rings. The molecule has 1 heterocycles. The van der Waals surface area contributed by atoms with Crippen molar-refractivity contribution in [1.82, 2.24) is 4.98 Å². The Morgan fingerprint density at radius 1 is 1.24 bits per heavy atom. The highest BCUT2D eigenvalue weighted by Crippen LogP contribution is 2.24. The molecule has 1 amide bonds. The van der Waals surface area contributed by atoms with Gasteiger partial charge in [-0.05, 0) is 50.1 Å². The first-order valence-corrected chi connectivity index (χ1v) is 8.04. The van der Waals surface area contributed by atoms with E-state index in [2.05, 4.69) is 10.3 Å². The van der Waals surface area contributed by atoms with E-state index >= 15 is 0 Å². The van der Waals surface area contributed by atoms with Crippen LogP contribution in [0.1, 0.15) is 38.0 Å². The average molecular weight is 344 g/mol. The Labute approximate surface area is 147 Å². The summed E-state index contributed by atoms with van der Waals surface area (Å²) in [6, 6.07) is 10.8. The normalized spacial score (nSPS) is 12.4. The lowest BCUT2D eigenvalue weighted by Crippen LogP contribution is -2.28. The van der Waals surface area contributed by atoms with Crippen LogP contribution in [0.15, 0.2) is 42.6 Å². The molecule has 0 saturated carbocycles. The minimum absolute atomic E-state index is 0.311. The summed E-state index contributed by atoms with van der Waals surface area (Å²) >= 11 is 0. The van der Waals surface area contributed by atoms with Gasteiger partial charge in [-0.1, -0.05) is 18.2 Å². The van der Waals surface area contributed by atoms with Crippen LogP contribution in [0.4, 0.5) is 10.6 Å². The van der Waals surface area contributed by atoms with E-state index in [-0.39, 0.29) is 0 Å². The van der Waals surface area contributed by atoms with Gasteiger partial charge in [-0.2, -0.15) is 0 Å². The molecule has 134 valence electrons. The fraction of sp³-hybridized carbons (Fsp3) is 0.368. The number of aromatic nitrogens is 1. The number of ether oxygens (including phenoxy) is 2. The summed E-state index contributed by atoms with van der Waals surface area (Å²) in [5, 5.41) is 13.1. The van der Waals surface area contributed by atoms with Crippen LogP contribution in [0.3, 0.4) is 0 Å².